The minimum Gasteiger partial charge on any atom is -0.394 e. The first kappa shape index (κ1) is 59.1. The molecular weight excluding hydrogens is 735 g/mol. The van der Waals surface area contributed by atoms with E-state index >= 15 is 0 Å². The summed E-state index contributed by atoms with van der Waals surface area (Å²) < 4.78 is 0. The van der Waals surface area contributed by atoms with E-state index in [-0.39, 0.29) is 12.5 Å². The predicted octanol–water partition coefficient (Wildman–Crippen LogP) is 18.1. The molecule has 0 aromatic carbocycles. The van der Waals surface area contributed by atoms with Crippen LogP contribution < -0.4 is 5.32 Å². The molecule has 358 valence electrons. The summed E-state index contributed by atoms with van der Waals surface area (Å²) in [6, 6.07) is -0.618. The van der Waals surface area contributed by atoms with E-state index in [1.54, 1.807) is 6.08 Å². The van der Waals surface area contributed by atoms with Crippen molar-refractivity contribution in [1.29, 1.82) is 0 Å². The Balaban J connectivity index is 3.45. The normalized spacial score (nSPS) is 12.8. The largest absolute Gasteiger partial charge is 0.394 e. The van der Waals surface area contributed by atoms with Crippen LogP contribution >= 0.6 is 0 Å². The fourth-order valence-corrected chi connectivity index (χ4v) is 9.01. The van der Waals surface area contributed by atoms with Crippen molar-refractivity contribution in [3.63, 3.8) is 0 Å². The minimum absolute atomic E-state index is 0.0556. The molecule has 0 aliphatic carbocycles. The van der Waals surface area contributed by atoms with Gasteiger partial charge in [0, 0.05) is 6.42 Å². The summed E-state index contributed by atoms with van der Waals surface area (Å²) in [7, 11) is 0. The van der Waals surface area contributed by atoms with Crippen LogP contribution in [0.25, 0.3) is 0 Å². The highest BCUT2D eigenvalue weighted by atomic mass is 16.3. The Labute approximate surface area is 377 Å². The van der Waals surface area contributed by atoms with E-state index in [0.717, 1.165) is 25.7 Å². The summed E-state index contributed by atoms with van der Waals surface area (Å²) in [4.78, 5) is 12.5. The van der Waals surface area contributed by atoms with Crippen molar-refractivity contribution in [1.82, 2.24) is 5.32 Å². The van der Waals surface area contributed by atoms with Gasteiger partial charge in [0.1, 0.15) is 0 Å². The fourth-order valence-electron chi connectivity index (χ4n) is 9.01. The fraction of sp³-hybridized carbons (Fsp3) is 0.946. The van der Waals surface area contributed by atoms with Crippen molar-refractivity contribution in [2.75, 3.05) is 6.61 Å². The van der Waals surface area contributed by atoms with Crippen LogP contribution in [0.4, 0.5) is 0 Å². The summed E-state index contributed by atoms with van der Waals surface area (Å²) in [5.41, 5.74) is 0. The highest BCUT2D eigenvalue weighted by molar-refractivity contribution is 5.76. The number of rotatable bonds is 52. The Morgan fingerprint density at radius 1 is 0.383 bits per heavy atom. The number of unbranched alkanes of at least 4 members (excludes halogenated alkanes) is 45. The molecule has 2 atom stereocenters. The molecule has 0 bridgehead atoms. The lowest BCUT2D eigenvalue weighted by molar-refractivity contribution is -0.123. The third kappa shape index (κ3) is 48.2. The van der Waals surface area contributed by atoms with E-state index < -0.39 is 12.1 Å². The van der Waals surface area contributed by atoms with E-state index in [2.05, 4.69) is 19.2 Å². The van der Waals surface area contributed by atoms with Crippen molar-refractivity contribution in [2.24, 2.45) is 0 Å². The third-order valence-electron chi connectivity index (χ3n) is 13.3. The van der Waals surface area contributed by atoms with Crippen molar-refractivity contribution in [3.05, 3.63) is 12.2 Å². The van der Waals surface area contributed by atoms with Crippen molar-refractivity contribution < 1.29 is 15.0 Å². The molecule has 1 amide bonds. The van der Waals surface area contributed by atoms with Gasteiger partial charge in [-0.3, -0.25) is 4.79 Å². The summed E-state index contributed by atoms with van der Waals surface area (Å²) in [5, 5.41) is 23.2. The van der Waals surface area contributed by atoms with Gasteiger partial charge in [-0.05, 0) is 19.3 Å². The highest BCUT2D eigenvalue weighted by Gasteiger charge is 2.18. The van der Waals surface area contributed by atoms with Crippen LogP contribution in [0.5, 0.6) is 0 Å². The monoisotopic (exact) mass is 846 g/mol. The first-order chi connectivity index (χ1) is 29.7. The Kier molecular flexibility index (Phi) is 51.7. The number of carbonyl (C=O) groups is 1. The molecule has 0 saturated heterocycles. The predicted molar refractivity (Wildman–Crippen MR) is 267 cm³/mol. The van der Waals surface area contributed by atoms with E-state index in [1.807, 2.05) is 6.08 Å². The van der Waals surface area contributed by atoms with Crippen LogP contribution in [0.3, 0.4) is 0 Å². The zero-order valence-electron chi connectivity index (χ0n) is 41.3. The first-order valence-corrected chi connectivity index (χ1v) is 27.9. The number of allylic oxidation sites excluding steroid dienone is 1. The number of amides is 1. The summed E-state index contributed by atoms with van der Waals surface area (Å²) in [6.45, 7) is 4.35. The number of aliphatic hydroxyl groups is 2. The molecule has 2 unspecified atom stereocenters. The maximum absolute atomic E-state index is 12.5. The van der Waals surface area contributed by atoms with Crippen LogP contribution in [0.2, 0.25) is 0 Å². The minimum atomic E-state index is -0.835. The lowest BCUT2D eigenvalue weighted by atomic mass is 10.0. The molecule has 0 saturated carbocycles. The molecule has 0 aromatic heterocycles. The van der Waals surface area contributed by atoms with Crippen LogP contribution in [-0.4, -0.2) is 34.9 Å². The summed E-state index contributed by atoms with van der Waals surface area (Å²) in [5.74, 6) is -0.0556. The van der Waals surface area contributed by atoms with Gasteiger partial charge in [0.05, 0.1) is 18.8 Å². The van der Waals surface area contributed by atoms with Crippen molar-refractivity contribution >= 4 is 5.91 Å². The van der Waals surface area contributed by atoms with E-state index in [4.69, 9.17) is 0 Å². The van der Waals surface area contributed by atoms with Crippen molar-refractivity contribution in [3.8, 4) is 0 Å². The Morgan fingerprint density at radius 3 is 0.867 bits per heavy atom. The molecule has 4 nitrogen and oxygen atoms in total. The van der Waals surface area contributed by atoms with Gasteiger partial charge in [0.15, 0.2) is 0 Å². The van der Waals surface area contributed by atoms with Crippen LogP contribution in [0.15, 0.2) is 12.2 Å². The Hall–Kier alpha value is -0.870. The van der Waals surface area contributed by atoms with Gasteiger partial charge in [0.2, 0.25) is 5.91 Å². The first-order valence-electron chi connectivity index (χ1n) is 27.9. The van der Waals surface area contributed by atoms with E-state index in [1.165, 1.54) is 276 Å². The summed E-state index contributed by atoms with van der Waals surface area (Å²) >= 11 is 0. The van der Waals surface area contributed by atoms with Gasteiger partial charge in [-0.2, -0.15) is 0 Å². The third-order valence-corrected chi connectivity index (χ3v) is 13.3. The average Bonchev–Trinajstić information content (AvgIpc) is 3.25. The number of hydrogen-bond acceptors (Lipinski definition) is 3. The molecule has 4 heteroatoms. The molecule has 0 heterocycles. The van der Waals surface area contributed by atoms with Gasteiger partial charge in [-0.1, -0.05) is 309 Å². The second-order valence-electron chi connectivity index (χ2n) is 19.4. The second kappa shape index (κ2) is 52.5. The van der Waals surface area contributed by atoms with E-state index in [9.17, 15) is 15.0 Å². The Bertz CT molecular complexity index is 829. The molecule has 60 heavy (non-hydrogen) atoms. The highest BCUT2D eigenvalue weighted by Crippen LogP contribution is 2.18. The number of hydrogen-bond donors (Lipinski definition) is 3. The average molecular weight is 847 g/mol. The van der Waals surface area contributed by atoms with E-state index in [0.29, 0.717) is 6.42 Å². The lowest BCUT2D eigenvalue weighted by Gasteiger charge is -2.20. The number of carbonyl (C=O) groups excluding carboxylic acids is 1. The Morgan fingerprint density at radius 2 is 0.617 bits per heavy atom. The van der Waals surface area contributed by atoms with Gasteiger partial charge in [-0.15, -0.1) is 0 Å². The van der Waals surface area contributed by atoms with Gasteiger partial charge in [-0.25, -0.2) is 0 Å². The molecule has 0 aliphatic heterocycles. The molecular formula is C56H111NO3. The van der Waals surface area contributed by atoms with Crippen LogP contribution in [0, 0.1) is 0 Å². The lowest BCUT2D eigenvalue weighted by Crippen LogP contribution is -2.45. The molecule has 0 rings (SSSR count). The smallest absolute Gasteiger partial charge is 0.220 e. The van der Waals surface area contributed by atoms with Crippen molar-refractivity contribution in [2.45, 2.75) is 334 Å². The molecule has 0 aliphatic rings. The number of nitrogens with one attached hydrogen (secondary N) is 1. The maximum Gasteiger partial charge on any atom is 0.220 e. The van der Waals surface area contributed by atoms with Gasteiger partial charge in [0.25, 0.3) is 0 Å². The standard InChI is InChI=1S/C56H111NO3/c1-3-5-7-9-11-13-15-17-19-21-23-25-27-28-30-32-34-36-38-40-42-44-46-48-50-52-56(60)57-54(53-58)55(59)51-49-47-45-43-41-39-37-35-33-31-29-26-24-22-20-18-16-14-12-10-8-6-4-2/h49,51,54-55,58-59H,3-48,50,52-53H2,1-2H3,(H,57,60)/b51-49+. The zero-order chi connectivity index (χ0) is 43.5. The van der Waals surface area contributed by atoms with Crippen LogP contribution in [0.1, 0.15) is 322 Å². The number of aliphatic hydroxyl groups excluding tert-OH is 2. The summed E-state index contributed by atoms with van der Waals surface area (Å²) in [6.07, 6.45) is 68.0. The topological polar surface area (TPSA) is 69.6 Å². The quantitative estimate of drug-likeness (QED) is 0.0422. The zero-order valence-corrected chi connectivity index (χ0v) is 41.3. The SMILES string of the molecule is CCCCCCCCCCCCCCCCCCCCCCC/C=C/C(O)C(CO)NC(=O)CCCCCCCCCCCCCCCCCCCCCCCCCCC. The van der Waals surface area contributed by atoms with Gasteiger partial charge >= 0.3 is 0 Å². The van der Waals surface area contributed by atoms with Gasteiger partial charge < -0.3 is 15.5 Å². The molecule has 0 radical (unpaired) electrons. The molecule has 3 N–H and O–H groups in total. The second-order valence-corrected chi connectivity index (χ2v) is 19.4. The maximum atomic E-state index is 12.5. The van der Waals surface area contributed by atoms with Crippen LogP contribution in [-0.2, 0) is 4.79 Å². The molecule has 0 spiro atoms. The molecule has 0 fully saturated rings. The molecule has 0 aromatic rings.